The lowest BCUT2D eigenvalue weighted by Crippen LogP contribution is -2.30. The average Bonchev–Trinajstić information content (AvgIpc) is 2.46. The number of esters is 1. The van der Waals surface area contributed by atoms with Crippen LogP contribution in [0.15, 0.2) is 30.3 Å². The summed E-state index contributed by atoms with van der Waals surface area (Å²) in [5.41, 5.74) is 2.26. The van der Waals surface area contributed by atoms with Crippen LogP contribution in [-0.2, 0) is 9.59 Å². The number of carboxylic acid groups (broad SMARTS) is 1. The molecule has 1 aromatic carbocycles. The summed E-state index contributed by atoms with van der Waals surface area (Å²) in [6.07, 6.45) is 3.52. The van der Waals surface area contributed by atoms with Gasteiger partial charge in [-0.05, 0) is 47.9 Å². The fraction of sp³-hybridized carbons (Fsp3) is 0.444. The molecule has 1 N–H and O–H groups in total. The first-order valence-electron chi connectivity index (χ1n) is 7.65. The Morgan fingerprint density at radius 1 is 1.27 bits per heavy atom. The van der Waals surface area contributed by atoms with Crippen LogP contribution in [-0.4, -0.2) is 17.0 Å². The minimum absolute atomic E-state index is 0.107. The van der Waals surface area contributed by atoms with E-state index in [1.165, 1.54) is 12.5 Å². The minimum Gasteiger partial charge on any atom is -0.481 e. The smallest absolute Gasteiger partial charge is 0.308 e. The average molecular weight is 302 g/mol. The van der Waals surface area contributed by atoms with Crippen LogP contribution in [0.4, 0.5) is 0 Å². The molecule has 22 heavy (non-hydrogen) atoms. The highest BCUT2D eigenvalue weighted by molar-refractivity contribution is 5.76. The van der Waals surface area contributed by atoms with Crippen molar-refractivity contribution in [3.05, 3.63) is 35.9 Å². The third-order valence-electron chi connectivity index (χ3n) is 4.47. The van der Waals surface area contributed by atoms with Crippen molar-refractivity contribution in [3.63, 3.8) is 0 Å². The second-order valence-electron chi connectivity index (χ2n) is 5.83. The topological polar surface area (TPSA) is 63.6 Å². The number of rotatable bonds is 4. The number of allylic oxidation sites excluding steroid dienone is 2. The highest BCUT2D eigenvalue weighted by Gasteiger charge is 2.35. The Labute approximate surface area is 130 Å². The minimum atomic E-state index is -0.716. The summed E-state index contributed by atoms with van der Waals surface area (Å²) in [6, 6.07) is 7.41. The molecule has 0 spiro atoms. The Bertz CT molecular complexity index is 586. The normalized spacial score (nSPS) is 24.5. The molecule has 0 amide bonds. The van der Waals surface area contributed by atoms with Crippen molar-refractivity contribution >= 4 is 17.5 Å². The highest BCUT2D eigenvalue weighted by Crippen LogP contribution is 2.41. The van der Waals surface area contributed by atoms with E-state index < -0.39 is 5.97 Å². The maximum absolute atomic E-state index is 11.3. The first-order chi connectivity index (χ1) is 10.4. The molecule has 0 saturated heterocycles. The van der Waals surface area contributed by atoms with Gasteiger partial charge in [0, 0.05) is 6.92 Å². The molecular formula is C18H22O4. The number of carboxylic acids is 1. The van der Waals surface area contributed by atoms with Gasteiger partial charge >= 0.3 is 11.9 Å². The molecule has 4 heteroatoms. The van der Waals surface area contributed by atoms with Crippen molar-refractivity contribution in [2.24, 2.45) is 17.8 Å². The van der Waals surface area contributed by atoms with Gasteiger partial charge < -0.3 is 9.84 Å². The van der Waals surface area contributed by atoms with E-state index in [-0.39, 0.29) is 23.7 Å². The Balaban J connectivity index is 2.26. The summed E-state index contributed by atoms with van der Waals surface area (Å²) in [6.45, 7) is 5.48. The number of benzene rings is 1. The Kier molecular flexibility index (Phi) is 5.01. The van der Waals surface area contributed by atoms with Crippen LogP contribution in [0.2, 0.25) is 0 Å². The molecule has 3 atom stereocenters. The second kappa shape index (κ2) is 6.77. The Morgan fingerprint density at radius 3 is 2.41 bits per heavy atom. The maximum atomic E-state index is 11.3. The Hall–Kier alpha value is -2.10. The molecule has 0 saturated carbocycles. The number of carbonyl (C=O) groups excluding carboxylic acids is 1. The van der Waals surface area contributed by atoms with Crippen molar-refractivity contribution in [2.75, 3.05) is 0 Å². The summed E-state index contributed by atoms with van der Waals surface area (Å²) in [7, 11) is 0. The van der Waals surface area contributed by atoms with Crippen molar-refractivity contribution in [2.45, 2.75) is 33.6 Å². The third kappa shape index (κ3) is 3.38. The van der Waals surface area contributed by atoms with Gasteiger partial charge in [-0.2, -0.15) is 0 Å². The quantitative estimate of drug-likeness (QED) is 0.679. The van der Waals surface area contributed by atoms with Crippen LogP contribution in [0.25, 0.3) is 5.57 Å². The number of ether oxygens (including phenoxy) is 1. The molecule has 0 unspecified atom stereocenters. The van der Waals surface area contributed by atoms with E-state index in [0.29, 0.717) is 12.2 Å². The van der Waals surface area contributed by atoms with Gasteiger partial charge in [-0.3, -0.25) is 9.59 Å². The molecule has 0 bridgehead atoms. The lowest BCUT2D eigenvalue weighted by molar-refractivity contribution is -0.144. The van der Waals surface area contributed by atoms with Crippen molar-refractivity contribution in [1.29, 1.82) is 0 Å². The van der Waals surface area contributed by atoms with Gasteiger partial charge in [0.05, 0.1) is 5.92 Å². The molecule has 4 nitrogen and oxygen atoms in total. The largest absolute Gasteiger partial charge is 0.481 e. The van der Waals surface area contributed by atoms with Gasteiger partial charge in [-0.15, -0.1) is 0 Å². The number of hydrogen-bond acceptors (Lipinski definition) is 3. The van der Waals surface area contributed by atoms with Crippen LogP contribution in [0.3, 0.4) is 0 Å². The summed E-state index contributed by atoms with van der Waals surface area (Å²) < 4.78 is 5.04. The van der Waals surface area contributed by atoms with E-state index >= 15 is 0 Å². The van der Waals surface area contributed by atoms with Crippen LogP contribution < -0.4 is 4.74 Å². The summed E-state index contributed by atoms with van der Waals surface area (Å²) in [5, 5.41) is 9.32. The molecule has 0 heterocycles. The number of hydrogen-bond donors (Lipinski definition) is 1. The molecule has 1 aliphatic carbocycles. The molecule has 0 fully saturated rings. The zero-order valence-corrected chi connectivity index (χ0v) is 13.2. The zero-order chi connectivity index (χ0) is 16.3. The van der Waals surface area contributed by atoms with Crippen LogP contribution in [0.5, 0.6) is 5.75 Å². The van der Waals surface area contributed by atoms with Crippen LogP contribution >= 0.6 is 0 Å². The maximum Gasteiger partial charge on any atom is 0.308 e. The fourth-order valence-electron chi connectivity index (χ4n) is 3.31. The SMILES string of the molecule is CC[C@@H]1C(c2ccc(OC(C)=O)cc2)=CC[C@@H](C(=O)O)[C@@H]1C. The van der Waals surface area contributed by atoms with E-state index in [1.807, 2.05) is 25.1 Å². The molecular weight excluding hydrogens is 280 g/mol. The van der Waals surface area contributed by atoms with Gasteiger partial charge in [0.25, 0.3) is 0 Å². The standard InChI is InChI=1S/C18H22O4/c1-4-15-11(2)16(18(20)21)9-10-17(15)13-5-7-14(8-6-13)22-12(3)19/h5-8,10-11,15-16H,4,9H2,1-3H3,(H,20,21)/t11-,15+,16-/m1/s1. The molecule has 118 valence electrons. The van der Waals surface area contributed by atoms with E-state index in [1.54, 1.807) is 12.1 Å². The Morgan fingerprint density at radius 2 is 1.91 bits per heavy atom. The molecule has 1 aromatic rings. The predicted octanol–water partition coefficient (Wildman–Crippen LogP) is 3.76. The second-order valence-corrected chi connectivity index (χ2v) is 5.83. The number of aliphatic carboxylic acids is 1. The van der Waals surface area contributed by atoms with Gasteiger partial charge in [0.1, 0.15) is 5.75 Å². The molecule has 0 aliphatic heterocycles. The lowest BCUT2D eigenvalue weighted by Gasteiger charge is -2.34. The molecule has 2 rings (SSSR count). The van der Waals surface area contributed by atoms with Gasteiger partial charge in [-0.25, -0.2) is 0 Å². The van der Waals surface area contributed by atoms with Gasteiger partial charge in [-0.1, -0.05) is 32.1 Å². The van der Waals surface area contributed by atoms with E-state index in [0.717, 1.165) is 12.0 Å². The summed E-state index contributed by atoms with van der Waals surface area (Å²) >= 11 is 0. The predicted molar refractivity (Wildman–Crippen MR) is 84.4 cm³/mol. The van der Waals surface area contributed by atoms with E-state index in [4.69, 9.17) is 4.74 Å². The molecule has 1 aliphatic rings. The third-order valence-corrected chi connectivity index (χ3v) is 4.47. The van der Waals surface area contributed by atoms with Crippen LogP contribution in [0.1, 0.15) is 39.2 Å². The van der Waals surface area contributed by atoms with Crippen LogP contribution in [0, 0.1) is 17.8 Å². The van der Waals surface area contributed by atoms with Crippen molar-refractivity contribution < 1.29 is 19.4 Å². The number of carbonyl (C=O) groups is 2. The van der Waals surface area contributed by atoms with E-state index in [2.05, 4.69) is 6.92 Å². The van der Waals surface area contributed by atoms with Crippen molar-refractivity contribution in [3.8, 4) is 5.75 Å². The molecule has 0 aromatic heterocycles. The molecule has 0 radical (unpaired) electrons. The first kappa shape index (κ1) is 16.3. The lowest BCUT2D eigenvalue weighted by atomic mass is 9.70. The summed E-state index contributed by atoms with van der Waals surface area (Å²) in [5.74, 6) is -0.503. The van der Waals surface area contributed by atoms with Gasteiger partial charge in [0.2, 0.25) is 0 Å². The zero-order valence-electron chi connectivity index (χ0n) is 13.2. The highest BCUT2D eigenvalue weighted by atomic mass is 16.5. The van der Waals surface area contributed by atoms with Crippen molar-refractivity contribution in [1.82, 2.24) is 0 Å². The first-order valence-corrected chi connectivity index (χ1v) is 7.65. The van der Waals surface area contributed by atoms with Gasteiger partial charge in [0.15, 0.2) is 0 Å². The monoisotopic (exact) mass is 302 g/mol. The summed E-state index contributed by atoms with van der Waals surface area (Å²) in [4.78, 5) is 22.3. The fourth-order valence-corrected chi connectivity index (χ4v) is 3.31. The van der Waals surface area contributed by atoms with E-state index in [9.17, 15) is 14.7 Å².